The first-order valence-corrected chi connectivity index (χ1v) is 7.72. The smallest absolute Gasteiger partial charge is 0.339 e. The molecule has 0 radical (unpaired) electrons. The van der Waals surface area contributed by atoms with Gasteiger partial charge in [0.2, 0.25) is 0 Å². The number of nitrogens with one attached hydrogen (secondary N) is 2. The number of methoxy groups -OCH3 is 1. The van der Waals surface area contributed by atoms with Gasteiger partial charge in [-0.25, -0.2) is 9.78 Å². The number of hydrogen-bond donors (Lipinski definition) is 2. The van der Waals surface area contributed by atoms with E-state index >= 15 is 0 Å². The van der Waals surface area contributed by atoms with Gasteiger partial charge in [-0.2, -0.15) is 0 Å². The van der Waals surface area contributed by atoms with Gasteiger partial charge in [-0.05, 0) is 18.7 Å². The number of rotatable bonds is 7. The van der Waals surface area contributed by atoms with Gasteiger partial charge >= 0.3 is 5.97 Å². The third-order valence-corrected chi connectivity index (χ3v) is 3.74. The van der Waals surface area contributed by atoms with Crippen molar-refractivity contribution in [3.63, 3.8) is 0 Å². The predicted octanol–water partition coefficient (Wildman–Crippen LogP) is 2.83. The lowest BCUT2D eigenvalue weighted by molar-refractivity contribution is 0.0602. The van der Waals surface area contributed by atoms with E-state index in [2.05, 4.69) is 22.5 Å². The first kappa shape index (κ1) is 15.5. The molecule has 5 nitrogen and oxygen atoms in total. The normalized spacial score (nSPS) is 10.4. The van der Waals surface area contributed by atoms with Gasteiger partial charge in [0.15, 0.2) is 5.13 Å². The Hall–Kier alpha value is -1.92. The van der Waals surface area contributed by atoms with Crippen LogP contribution in [0.15, 0.2) is 29.6 Å². The van der Waals surface area contributed by atoms with Crippen molar-refractivity contribution in [2.24, 2.45) is 0 Å². The summed E-state index contributed by atoms with van der Waals surface area (Å²) in [7, 11) is 1.38. The molecule has 0 aliphatic rings. The molecule has 6 heteroatoms. The molecule has 1 aromatic carbocycles. The Morgan fingerprint density at radius 1 is 1.38 bits per heavy atom. The number of para-hydroxylation sites is 1. The number of nitrogens with zero attached hydrogens (tertiary/aromatic N) is 1. The highest BCUT2D eigenvalue weighted by Crippen LogP contribution is 2.24. The molecule has 0 bridgehead atoms. The van der Waals surface area contributed by atoms with Gasteiger partial charge in [-0.1, -0.05) is 19.1 Å². The number of aromatic nitrogens is 1. The Labute approximate surface area is 128 Å². The minimum absolute atomic E-state index is 0.359. The Morgan fingerprint density at radius 3 is 2.95 bits per heavy atom. The van der Waals surface area contributed by atoms with Gasteiger partial charge in [0.1, 0.15) is 0 Å². The van der Waals surface area contributed by atoms with Crippen LogP contribution >= 0.6 is 11.3 Å². The number of likely N-dealkylation sites (N-methyl/N-ethyl adjacent to an activating group) is 1. The van der Waals surface area contributed by atoms with E-state index in [-0.39, 0.29) is 5.97 Å². The molecular formula is C15H19N3O2S. The van der Waals surface area contributed by atoms with Crippen LogP contribution in [0, 0.1) is 0 Å². The lowest BCUT2D eigenvalue weighted by Gasteiger charge is -2.07. The second-order valence-corrected chi connectivity index (χ2v) is 5.27. The van der Waals surface area contributed by atoms with E-state index in [1.807, 2.05) is 17.5 Å². The summed E-state index contributed by atoms with van der Waals surface area (Å²) in [6.07, 6.45) is 0.894. The summed E-state index contributed by atoms with van der Waals surface area (Å²) in [6, 6.07) is 7.25. The number of esters is 1. The fourth-order valence-corrected chi connectivity index (χ4v) is 2.62. The monoisotopic (exact) mass is 305 g/mol. The van der Waals surface area contributed by atoms with E-state index in [9.17, 15) is 4.79 Å². The van der Waals surface area contributed by atoms with Crippen LogP contribution in [0.25, 0.3) is 0 Å². The van der Waals surface area contributed by atoms with Crippen molar-refractivity contribution in [2.45, 2.75) is 13.3 Å². The Bertz CT molecular complexity index is 598. The molecule has 2 N–H and O–H groups in total. The third-order valence-electron chi connectivity index (χ3n) is 2.93. The topological polar surface area (TPSA) is 63.2 Å². The lowest BCUT2D eigenvalue weighted by Crippen LogP contribution is -2.16. The highest BCUT2D eigenvalue weighted by Gasteiger charge is 2.12. The molecule has 2 rings (SSSR count). The number of hydrogen-bond acceptors (Lipinski definition) is 6. The largest absolute Gasteiger partial charge is 0.465 e. The van der Waals surface area contributed by atoms with Crippen molar-refractivity contribution in [1.29, 1.82) is 0 Å². The third kappa shape index (κ3) is 4.27. The molecule has 0 saturated carbocycles. The number of carbonyl (C=O) groups excluding carboxylic acids is 1. The van der Waals surface area contributed by atoms with Crippen molar-refractivity contribution in [1.82, 2.24) is 10.3 Å². The lowest BCUT2D eigenvalue weighted by atomic mass is 10.2. The van der Waals surface area contributed by atoms with Crippen molar-refractivity contribution < 1.29 is 9.53 Å². The first-order valence-electron chi connectivity index (χ1n) is 6.84. The minimum atomic E-state index is -0.359. The summed E-state index contributed by atoms with van der Waals surface area (Å²) in [6.45, 7) is 3.96. The molecule has 0 aliphatic heterocycles. The summed E-state index contributed by atoms with van der Waals surface area (Å²) in [5.41, 5.74) is 2.25. The predicted molar refractivity (Wildman–Crippen MR) is 85.4 cm³/mol. The maximum atomic E-state index is 11.7. The van der Waals surface area contributed by atoms with Crippen LogP contribution in [0.4, 0.5) is 10.8 Å². The van der Waals surface area contributed by atoms with Crippen LogP contribution in [0.3, 0.4) is 0 Å². The zero-order valence-electron chi connectivity index (χ0n) is 12.2. The maximum absolute atomic E-state index is 11.7. The highest BCUT2D eigenvalue weighted by molar-refractivity contribution is 7.13. The average Bonchev–Trinajstić information content (AvgIpc) is 2.95. The molecule has 0 spiro atoms. The van der Waals surface area contributed by atoms with Crippen molar-refractivity contribution >= 4 is 28.1 Å². The number of benzene rings is 1. The minimum Gasteiger partial charge on any atom is -0.465 e. The zero-order valence-corrected chi connectivity index (χ0v) is 13.0. The summed E-state index contributed by atoms with van der Waals surface area (Å²) >= 11 is 1.53. The van der Waals surface area contributed by atoms with Gasteiger partial charge in [0.25, 0.3) is 0 Å². The van der Waals surface area contributed by atoms with Gasteiger partial charge < -0.3 is 15.4 Å². The molecule has 0 atom stereocenters. The van der Waals surface area contributed by atoms with Crippen molar-refractivity contribution in [2.75, 3.05) is 25.5 Å². The van der Waals surface area contributed by atoms with Crippen LogP contribution in [-0.4, -0.2) is 31.2 Å². The number of carbonyl (C=O) groups is 1. The van der Waals surface area contributed by atoms with Gasteiger partial charge in [-0.15, -0.1) is 11.3 Å². The van der Waals surface area contributed by atoms with Crippen molar-refractivity contribution in [3.8, 4) is 0 Å². The molecule has 0 fully saturated rings. The maximum Gasteiger partial charge on any atom is 0.339 e. The molecular weight excluding hydrogens is 286 g/mol. The Kier molecular flexibility index (Phi) is 5.71. The van der Waals surface area contributed by atoms with E-state index in [0.717, 1.165) is 30.3 Å². The molecule has 1 heterocycles. The Balaban J connectivity index is 2.07. The standard InChI is InChI=1S/C15H19N3O2S/c1-3-16-9-8-11-10-21-15(17-11)18-13-7-5-4-6-12(13)14(19)20-2/h4-7,10,16H,3,8-9H2,1-2H3,(H,17,18). The molecule has 0 aliphatic carbocycles. The highest BCUT2D eigenvalue weighted by atomic mass is 32.1. The quantitative estimate of drug-likeness (QED) is 0.608. The van der Waals surface area contributed by atoms with Crippen LogP contribution < -0.4 is 10.6 Å². The van der Waals surface area contributed by atoms with Crippen LogP contribution in [-0.2, 0) is 11.2 Å². The van der Waals surface area contributed by atoms with Gasteiger partial charge in [0.05, 0.1) is 24.1 Å². The fourth-order valence-electron chi connectivity index (χ4n) is 1.87. The summed E-state index contributed by atoms with van der Waals surface area (Å²) in [5.74, 6) is -0.359. The van der Waals surface area contributed by atoms with Crippen LogP contribution in [0.2, 0.25) is 0 Å². The molecule has 0 unspecified atom stereocenters. The van der Waals surface area contributed by atoms with Crippen LogP contribution in [0.1, 0.15) is 23.0 Å². The van der Waals surface area contributed by atoms with E-state index in [4.69, 9.17) is 4.74 Å². The zero-order chi connectivity index (χ0) is 15.1. The molecule has 0 amide bonds. The first-order chi connectivity index (χ1) is 10.2. The van der Waals surface area contributed by atoms with E-state index < -0.39 is 0 Å². The summed E-state index contributed by atoms with van der Waals surface area (Å²) in [4.78, 5) is 16.2. The number of anilines is 2. The average molecular weight is 305 g/mol. The second kappa shape index (κ2) is 7.75. The SMILES string of the molecule is CCNCCc1csc(Nc2ccccc2C(=O)OC)n1. The van der Waals surface area contributed by atoms with E-state index in [0.29, 0.717) is 11.3 Å². The number of thiazole rings is 1. The van der Waals surface area contributed by atoms with Gasteiger partial charge in [0, 0.05) is 18.3 Å². The summed E-state index contributed by atoms with van der Waals surface area (Å²) < 4.78 is 4.78. The fraction of sp³-hybridized carbons (Fsp3) is 0.333. The number of ether oxygens (including phenoxy) is 1. The Morgan fingerprint density at radius 2 is 2.19 bits per heavy atom. The second-order valence-electron chi connectivity index (χ2n) is 4.41. The molecule has 112 valence electrons. The summed E-state index contributed by atoms with van der Waals surface area (Å²) in [5, 5.41) is 9.26. The molecule has 0 saturated heterocycles. The van der Waals surface area contributed by atoms with Crippen molar-refractivity contribution in [3.05, 3.63) is 40.9 Å². The molecule has 21 heavy (non-hydrogen) atoms. The van der Waals surface area contributed by atoms with E-state index in [1.54, 1.807) is 12.1 Å². The van der Waals surface area contributed by atoms with Crippen LogP contribution in [0.5, 0.6) is 0 Å². The molecule has 1 aromatic heterocycles. The van der Waals surface area contributed by atoms with E-state index in [1.165, 1.54) is 18.4 Å². The molecule has 2 aromatic rings. The van der Waals surface area contributed by atoms with Gasteiger partial charge in [-0.3, -0.25) is 0 Å².